The number of aromatic nitrogens is 2. The van der Waals surface area contributed by atoms with Crippen LogP contribution in [0.4, 0.5) is 0 Å². The summed E-state index contributed by atoms with van der Waals surface area (Å²) in [6, 6.07) is 17.6. The molecule has 3 aromatic rings. The van der Waals surface area contributed by atoms with Crippen LogP contribution in [-0.4, -0.2) is 39.6 Å². The van der Waals surface area contributed by atoms with Gasteiger partial charge in [-0.25, -0.2) is 4.98 Å². The molecule has 2 heterocycles. The lowest BCUT2D eigenvalue weighted by Gasteiger charge is -2.30. The summed E-state index contributed by atoms with van der Waals surface area (Å²) in [7, 11) is 1.93. The second kappa shape index (κ2) is 8.17. The van der Waals surface area contributed by atoms with E-state index in [4.69, 9.17) is 9.47 Å². The predicted molar refractivity (Wildman–Crippen MR) is 105 cm³/mol. The van der Waals surface area contributed by atoms with Gasteiger partial charge in [0.05, 0.1) is 6.54 Å². The molecule has 144 valence electrons. The Hall–Kier alpha value is -3.28. The number of carbonyl (C=O) groups is 1. The summed E-state index contributed by atoms with van der Waals surface area (Å²) in [4.78, 5) is 19.4. The second-order valence-electron chi connectivity index (χ2n) is 6.81. The van der Waals surface area contributed by atoms with E-state index in [0.29, 0.717) is 24.6 Å². The zero-order valence-electron chi connectivity index (χ0n) is 15.8. The normalized spacial score (nSPS) is 15.2. The van der Waals surface area contributed by atoms with Crippen LogP contribution in [0.1, 0.15) is 11.4 Å². The average molecular weight is 377 g/mol. The molecule has 0 saturated heterocycles. The molecule has 0 saturated carbocycles. The Bertz CT molecular complexity index is 939. The van der Waals surface area contributed by atoms with Gasteiger partial charge in [-0.2, -0.15) is 0 Å². The Morgan fingerprint density at radius 2 is 1.89 bits per heavy atom. The van der Waals surface area contributed by atoms with Crippen molar-refractivity contribution in [3.63, 3.8) is 0 Å². The van der Waals surface area contributed by atoms with E-state index in [1.54, 1.807) is 11.1 Å². The quantitative estimate of drug-likeness (QED) is 0.663. The molecule has 28 heavy (non-hydrogen) atoms. The van der Waals surface area contributed by atoms with E-state index in [9.17, 15) is 4.79 Å². The van der Waals surface area contributed by atoms with Gasteiger partial charge in [-0.3, -0.25) is 4.79 Å². The Labute approximate surface area is 164 Å². The van der Waals surface area contributed by atoms with E-state index in [2.05, 4.69) is 17.1 Å². The zero-order chi connectivity index (χ0) is 19.3. The van der Waals surface area contributed by atoms with Crippen molar-refractivity contribution in [2.24, 2.45) is 7.05 Å². The molecule has 2 aromatic carbocycles. The molecular weight excluding hydrogens is 354 g/mol. The fourth-order valence-corrected chi connectivity index (χ4v) is 3.24. The van der Waals surface area contributed by atoms with E-state index < -0.39 is 6.10 Å². The van der Waals surface area contributed by atoms with Gasteiger partial charge in [0.15, 0.2) is 11.5 Å². The molecule has 0 N–H and O–H groups in total. The summed E-state index contributed by atoms with van der Waals surface area (Å²) in [5.74, 6) is 2.02. The Morgan fingerprint density at radius 3 is 2.64 bits per heavy atom. The van der Waals surface area contributed by atoms with Crippen LogP contribution in [0.2, 0.25) is 0 Å². The lowest BCUT2D eigenvalue weighted by atomic mass is 10.1. The molecule has 0 aliphatic carbocycles. The highest BCUT2D eigenvalue weighted by Crippen LogP contribution is 2.31. The lowest BCUT2D eigenvalue weighted by Crippen LogP contribution is -2.47. The van der Waals surface area contributed by atoms with Crippen LogP contribution >= 0.6 is 0 Å². The summed E-state index contributed by atoms with van der Waals surface area (Å²) in [5.41, 5.74) is 1.19. The minimum Gasteiger partial charge on any atom is -0.485 e. The maximum atomic E-state index is 13.3. The molecule has 0 radical (unpaired) electrons. The summed E-state index contributed by atoms with van der Waals surface area (Å²) in [6.07, 6.45) is 3.73. The minimum absolute atomic E-state index is 0.0894. The molecule has 4 rings (SSSR count). The van der Waals surface area contributed by atoms with Gasteiger partial charge in [0.2, 0.25) is 6.10 Å². The molecule has 1 aliphatic rings. The first-order chi connectivity index (χ1) is 13.7. The molecule has 1 aromatic heterocycles. The topological polar surface area (TPSA) is 56.6 Å². The monoisotopic (exact) mass is 377 g/mol. The maximum absolute atomic E-state index is 13.3. The summed E-state index contributed by atoms with van der Waals surface area (Å²) in [6.45, 7) is 1.21. The van der Waals surface area contributed by atoms with Crippen molar-refractivity contribution in [1.82, 2.24) is 14.5 Å². The number of fused-ring (bicyclic) bond motifs is 1. The second-order valence-corrected chi connectivity index (χ2v) is 6.81. The number of hydrogen-bond donors (Lipinski definition) is 0. The molecule has 0 spiro atoms. The van der Waals surface area contributed by atoms with E-state index in [-0.39, 0.29) is 12.5 Å². The number of para-hydroxylation sites is 2. The van der Waals surface area contributed by atoms with E-state index in [1.165, 1.54) is 5.56 Å². The van der Waals surface area contributed by atoms with Crippen molar-refractivity contribution in [2.75, 3.05) is 13.2 Å². The molecule has 1 amide bonds. The number of amides is 1. The van der Waals surface area contributed by atoms with Crippen LogP contribution < -0.4 is 9.47 Å². The van der Waals surface area contributed by atoms with Gasteiger partial charge in [-0.1, -0.05) is 42.5 Å². The third-order valence-corrected chi connectivity index (χ3v) is 4.86. The molecule has 6 heteroatoms. The number of rotatable bonds is 6. The fourth-order valence-electron chi connectivity index (χ4n) is 3.24. The number of imidazole rings is 1. The van der Waals surface area contributed by atoms with Crippen molar-refractivity contribution in [3.05, 3.63) is 78.4 Å². The van der Waals surface area contributed by atoms with Gasteiger partial charge in [0.1, 0.15) is 12.4 Å². The number of carbonyl (C=O) groups excluding carboxylic acids is 1. The van der Waals surface area contributed by atoms with Crippen LogP contribution in [0.25, 0.3) is 0 Å². The van der Waals surface area contributed by atoms with E-state index in [1.807, 2.05) is 60.3 Å². The number of ether oxygens (including phenoxy) is 2. The maximum Gasteiger partial charge on any atom is 0.267 e. The van der Waals surface area contributed by atoms with Gasteiger partial charge < -0.3 is 18.9 Å². The van der Waals surface area contributed by atoms with Crippen LogP contribution in [-0.2, 0) is 24.8 Å². The average Bonchev–Trinajstić information content (AvgIpc) is 3.15. The molecule has 0 bridgehead atoms. The first kappa shape index (κ1) is 18.1. The Kier molecular flexibility index (Phi) is 5.28. The van der Waals surface area contributed by atoms with Gasteiger partial charge >= 0.3 is 0 Å². The van der Waals surface area contributed by atoms with Gasteiger partial charge in [0.25, 0.3) is 5.91 Å². The standard InChI is InChI=1S/C22H23N3O3/c1-24-14-12-23-21(24)15-25(13-11-17-7-3-2-4-8-17)22(26)20-16-27-18-9-5-6-10-19(18)28-20/h2-10,12,14,20H,11,13,15-16H2,1H3/t20-/m0/s1. The molecule has 1 atom stereocenters. The number of hydrogen-bond acceptors (Lipinski definition) is 4. The van der Waals surface area contributed by atoms with Gasteiger partial charge in [0, 0.05) is 26.0 Å². The van der Waals surface area contributed by atoms with E-state index >= 15 is 0 Å². The van der Waals surface area contributed by atoms with Crippen molar-refractivity contribution in [2.45, 2.75) is 19.1 Å². The fraction of sp³-hybridized carbons (Fsp3) is 0.273. The summed E-state index contributed by atoms with van der Waals surface area (Å²) >= 11 is 0. The van der Waals surface area contributed by atoms with Crippen LogP contribution in [0.3, 0.4) is 0 Å². The van der Waals surface area contributed by atoms with Crippen molar-refractivity contribution in [1.29, 1.82) is 0 Å². The van der Waals surface area contributed by atoms with Crippen molar-refractivity contribution in [3.8, 4) is 11.5 Å². The largest absolute Gasteiger partial charge is 0.485 e. The summed E-state index contributed by atoms with van der Waals surface area (Å²) < 4.78 is 13.6. The smallest absolute Gasteiger partial charge is 0.267 e. The van der Waals surface area contributed by atoms with Crippen molar-refractivity contribution < 1.29 is 14.3 Å². The highest BCUT2D eigenvalue weighted by Gasteiger charge is 2.31. The number of benzene rings is 2. The van der Waals surface area contributed by atoms with E-state index in [0.717, 1.165) is 12.2 Å². The minimum atomic E-state index is -0.661. The number of aryl methyl sites for hydroxylation is 1. The molecule has 1 aliphatic heterocycles. The Morgan fingerprint density at radius 1 is 1.14 bits per heavy atom. The van der Waals surface area contributed by atoms with Crippen molar-refractivity contribution >= 4 is 5.91 Å². The first-order valence-corrected chi connectivity index (χ1v) is 9.38. The van der Waals surface area contributed by atoms with Crippen LogP contribution in [0, 0.1) is 0 Å². The molecular formula is C22H23N3O3. The molecule has 0 unspecified atom stereocenters. The summed E-state index contributed by atoms with van der Waals surface area (Å²) in [5, 5.41) is 0. The van der Waals surface area contributed by atoms with Crippen LogP contribution in [0.15, 0.2) is 67.0 Å². The third kappa shape index (κ3) is 4.01. The highest BCUT2D eigenvalue weighted by molar-refractivity contribution is 5.82. The SMILES string of the molecule is Cn1ccnc1CN(CCc1ccccc1)C(=O)[C@@H]1COc2ccccc2O1. The van der Waals surface area contributed by atoms with Gasteiger partial charge in [-0.15, -0.1) is 0 Å². The number of nitrogens with zero attached hydrogens (tertiary/aromatic N) is 3. The lowest BCUT2D eigenvalue weighted by molar-refractivity contribution is -0.142. The Balaban J connectivity index is 1.50. The first-order valence-electron chi connectivity index (χ1n) is 9.38. The van der Waals surface area contributed by atoms with Crippen LogP contribution in [0.5, 0.6) is 11.5 Å². The molecule has 6 nitrogen and oxygen atoms in total. The van der Waals surface area contributed by atoms with Gasteiger partial charge in [-0.05, 0) is 24.1 Å². The molecule has 0 fully saturated rings. The predicted octanol–water partition coefficient (Wildman–Crippen LogP) is 2.83. The highest BCUT2D eigenvalue weighted by atomic mass is 16.6. The third-order valence-electron chi connectivity index (χ3n) is 4.86. The zero-order valence-corrected chi connectivity index (χ0v) is 15.8.